The van der Waals surface area contributed by atoms with Gasteiger partial charge in [0.25, 0.3) is 0 Å². The van der Waals surface area contributed by atoms with Gasteiger partial charge in [0.1, 0.15) is 11.2 Å². The lowest BCUT2D eigenvalue weighted by atomic mass is 9.99. The number of hydrogen-bond donors (Lipinski definition) is 3. The molecule has 10 heteroatoms. The van der Waals surface area contributed by atoms with Crippen molar-refractivity contribution in [1.29, 1.82) is 0 Å². The summed E-state index contributed by atoms with van der Waals surface area (Å²) in [6.45, 7) is 47.9. The van der Waals surface area contributed by atoms with Crippen molar-refractivity contribution in [2.75, 3.05) is 6.61 Å². The molecule has 0 spiro atoms. The SMILES string of the molecule is C=C(C)[C@@H](CC)O[Si](C)(C)C(C)(C)C.CC[C@@H](O[Si](C)(C)C(C)(C)C)[C@@](C)(O)C=O.CC[C@@H](O[Si](C)(C)C(C)(C)C)[C@@](C)(O)CO. The van der Waals surface area contributed by atoms with Gasteiger partial charge in [-0.3, -0.25) is 0 Å². The summed E-state index contributed by atoms with van der Waals surface area (Å²) in [4.78, 5) is 10.8. The van der Waals surface area contributed by atoms with Crippen molar-refractivity contribution in [3.05, 3.63) is 12.2 Å². The second-order valence-electron chi connectivity index (χ2n) is 18.0. The summed E-state index contributed by atoms with van der Waals surface area (Å²) in [5, 5.41) is 29.7. The van der Waals surface area contributed by atoms with Crippen molar-refractivity contribution in [3.63, 3.8) is 0 Å². The van der Waals surface area contributed by atoms with E-state index < -0.39 is 42.3 Å². The third-order valence-electron chi connectivity index (χ3n) is 10.3. The minimum atomic E-state index is -1.93. The molecule has 0 fully saturated rings. The molecule has 0 aromatic rings. The van der Waals surface area contributed by atoms with E-state index in [9.17, 15) is 20.1 Å². The molecule has 7 nitrogen and oxygen atoms in total. The Balaban J connectivity index is -0.000000605. The molecule has 5 atom stereocenters. The molecule has 0 heterocycles. The Morgan fingerprint density at radius 1 is 0.652 bits per heavy atom. The molecule has 0 aliphatic heterocycles. The molecule has 46 heavy (non-hydrogen) atoms. The highest BCUT2D eigenvalue weighted by Gasteiger charge is 2.44. The maximum absolute atomic E-state index is 10.8. The van der Waals surface area contributed by atoms with Crippen molar-refractivity contribution >= 4 is 31.2 Å². The highest BCUT2D eigenvalue weighted by atomic mass is 28.4. The minimum Gasteiger partial charge on any atom is -0.411 e. The smallest absolute Gasteiger partial charge is 0.192 e. The molecule has 0 aromatic heterocycles. The Morgan fingerprint density at radius 2 is 0.957 bits per heavy atom. The van der Waals surface area contributed by atoms with Crippen molar-refractivity contribution < 1.29 is 33.4 Å². The maximum atomic E-state index is 10.8. The second-order valence-corrected chi connectivity index (χ2v) is 32.3. The first kappa shape index (κ1) is 50.2. The van der Waals surface area contributed by atoms with Gasteiger partial charge in [0.2, 0.25) is 0 Å². The number of aldehydes is 1. The molecule has 278 valence electrons. The van der Waals surface area contributed by atoms with Gasteiger partial charge in [0, 0.05) is 0 Å². The number of rotatable bonds is 14. The van der Waals surface area contributed by atoms with Gasteiger partial charge in [0.15, 0.2) is 31.2 Å². The van der Waals surface area contributed by atoms with Crippen LogP contribution in [0.1, 0.15) is 123 Å². The summed E-state index contributed by atoms with van der Waals surface area (Å²) in [7, 11) is -5.43. The molecule has 0 saturated heterocycles. The van der Waals surface area contributed by atoms with Crippen LogP contribution in [-0.4, -0.2) is 82.7 Å². The van der Waals surface area contributed by atoms with Gasteiger partial charge in [0.05, 0.1) is 24.9 Å². The molecule has 0 amide bonds. The Bertz CT molecular complexity index is 893. The average molecular weight is 709 g/mol. The van der Waals surface area contributed by atoms with Crippen molar-refractivity contribution in [2.45, 2.75) is 207 Å². The lowest BCUT2D eigenvalue weighted by molar-refractivity contribution is -0.132. The molecule has 0 unspecified atom stereocenters. The van der Waals surface area contributed by atoms with E-state index in [4.69, 9.17) is 13.3 Å². The predicted octanol–water partition coefficient (Wildman–Crippen LogP) is 9.63. The Kier molecular flexibility index (Phi) is 20.4. The van der Waals surface area contributed by atoms with Gasteiger partial charge in [-0.1, -0.05) is 95.2 Å². The first-order chi connectivity index (χ1) is 20.1. The van der Waals surface area contributed by atoms with Crippen LogP contribution in [0.15, 0.2) is 12.2 Å². The number of carbonyl (C=O) groups is 1. The zero-order chi connectivity index (χ0) is 38.0. The number of aliphatic hydroxyl groups excluding tert-OH is 1. The van der Waals surface area contributed by atoms with Gasteiger partial charge in [-0.15, -0.1) is 0 Å². The summed E-state index contributed by atoms with van der Waals surface area (Å²) in [6, 6.07) is 0. The van der Waals surface area contributed by atoms with Crippen LogP contribution in [0.3, 0.4) is 0 Å². The molecule has 0 aliphatic rings. The third kappa shape index (κ3) is 16.5. The molecular formula is C36H80O7Si3. The Hall–Kier alpha value is -0.179. The number of aliphatic hydroxyl groups is 3. The van der Waals surface area contributed by atoms with Crippen molar-refractivity contribution in [2.24, 2.45) is 0 Å². The lowest BCUT2D eigenvalue weighted by Crippen LogP contribution is -2.52. The van der Waals surface area contributed by atoms with E-state index >= 15 is 0 Å². The third-order valence-corrected chi connectivity index (χ3v) is 23.8. The van der Waals surface area contributed by atoms with Crippen LogP contribution < -0.4 is 0 Å². The van der Waals surface area contributed by atoms with Crippen LogP contribution in [0.5, 0.6) is 0 Å². The van der Waals surface area contributed by atoms with Crippen LogP contribution in [0.25, 0.3) is 0 Å². The van der Waals surface area contributed by atoms with Crippen LogP contribution in [0.4, 0.5) is 0 Å². The zero-order valence-corrected chi connectivity index (χ0v) is 37.3. The summed E-state index contributed by atoms with van der Waals surface area (Å²) in [6.07, 6.45) is 2.49. The van der Waals surface area contributed by atoms with E-state index in [1.165, 1.54) is 6.92 Å². The molecule has 3 N–H and O–H groups in total. The zero-order valence-electron chi connectivity index (χ0n) is 34.3. The maximum Gasteiger partial charge on any atom is 0.192 e. The van der Waals surface area contributed by atoms with Crippen LogP contribution in [-0.2, 0) is 18.1 Å². The van der Waals surface area contributed by atoms with Crippen molar-refractivity contribution in [1.82, 2.24) is 0 Å². The lowest BCUT2D eigenvalue weighted by Gasteiger charge is -2.42. The molecule has 0 aliphatic carbocycles. The van der Waals surface area contributed by atoms with E-state index in [1.54, 1.807) is 6.92 Å². The fraction of sp³-hybridized carbons (Fsp3) is 0.917. The fourth-order valence-electron chi connectivity index (χ4n) is 3.57. The quantitative estimate of drug-likeness (QED) is 0.0938. The highest BCUT2D eigenvalue weighted by Crippen LogP contribution is 2.40. The molecular weight excluding hydrogens is 629 g/mol. The number of carbonyl (C=O) groups excluding carboxylic acids is 1. The number of hydrogen-bond acceptors (Lipinski definition) is 7. The summed E-state index contributed by atoms with van der Waals surface area (Å²) < 4.78 is 18.5. The first-order valence-electron chi connectivity index (χ1n) is 17.3. The van der Waals surface area contributed by atoms with Gasteiger partial charge in [-0.25, -0.2) is 0 Å². The molecule has 0 rings (SSSR count). The standard InChI is InChI=1S/C12H28O3Si.C12H26O3Si.C12H26OSi/c2*1-8-10(12(5,14)9-13)15-16(6,7)11(2,3)4;1-9-11(10(2)3)13-14(7,8)12(4,5)6/h10,13-14H,8-9H2,1-7H3;9-10,14H,8H2,1-7H3;11H,2,9H2,1,3-8H3/t2*10-,12+;11-/m111/s1. The molecule has 0 saturated carbocycles. The molecule has 0 aromatic carbocycles. The van der Waals surface area contributed by atoms with E-state index in [0.717, 1.165) is 12.0 Å². The van der Waals surface area contributed by atoms with Gasteiger partial charge in [-0.2, -0.15) is 0 Å². The molecule has 0 radical (unpaired) electrons. The van der Waals surface area contributed by atoms with Gasteiger partial charge in [-0.05, 0) is 94.4 Å². The first-order valence-corrected chi connectivity index (χ1v) is 26.0. The van der Waals surface area contributed by atoms with E-state index in [0.29, 0.717) is 19.1 Å². The van der Waals surface area contributed by atoms with E-state index in [1.807, 2.05) is 13.8 Å². The monoisotopic (exact) mass is 709 g/mol. The second kappa shape index (κ2) is 18.7. The Morgan fingerprint density at radius 3 is 1.17 bits per heavy atom. The van der Waals surface area contributed by atoms with E-state index in [2.05, 4.69) is 122 Å². The highest BCUT2D eigenvalue weighted by molar-refractivity contribution is 6.75. The normalized spacial score (nSPS) is 18.0. The van der Waals surface area contributed by atoms with Crippen LogP contribution in [0.2, 0.25) is 54.4 Å². The Labute approximate surface area is 289 Å². The van der Waals surface area contributed by atoms with Crippen molar-refractivity contribution in [3.8, 4) is 0 Å². The average Bonchev–Trinajstić information content (AvgIpc) is 2.87. The minimum absolute atomic E-state index is 0.0827. The summed E-state index contributed by atoms with van der Waals surface area (Å²) in [5.41, 5.74) is -1.38. The van der Waals surface area contributed by atoms with E-state index in [-0.39, 0.29) is 33.9 Å². The fourth-order valence-corrected chi connectivity index (χ4v) is 7.96. The van der Waals surface area contributed by atoms with Crippen LogP contribution in [0, 0.1) is 0 Å². The topological polar surface area (TPSA) is 105 Å². The van der Waals surface area contributed by atoms with Gasteiger partial charge >= 0.3 is 0 Å². The van der Waals surface area contributed by atoms with Gasteiger partial charge < -0.3 is 33.4 Å². The summed E-state index contributed by atoms with van der Waals surface area (Å²) in [5.74, 6) is 0. The predicted molar refractivity (Wildman–Crippen MR) is 206 cm³/mol. The van der Waals surface area contributed by atoms with Crippen LogP contribution >= 0.6 is 0 Å². The molecule has 0 bridgehead atoms. The largest absolute Gasteiger partial charge is 0.411 e. The summed E-state index contributed by atoms with van der Waals surface area (Å²) >= 11 is 0.